The first-order chi connectivity index (χ1) is 8.20. The maximum absolute atomic E-state index is 11.9. The Morgan fingerprint density at radius 2 is 1.89 bits per heavy atom. The van der Waals surface area contributed by atoms with Gasteiger partial charge in [0, 0.05) is 13.7 Å². The molecule has 0 fully saturated rings. The number of rotatable bonds is 9. The molecule has 0 aromatic rings. The minimum Gasteiger partial charge on any atom is -0.480 e. The van der Waals surface area contributed by atoms with E-state index in [4.69, 9.17) is 9.84 Å². The lowest BCUT2D eigenvalue weighted by atomic mass is 10.1. The number of ether oxygens (including phenoxy) is 1. The lowest BCUT2D eigenvalue weighted by Gasteiger charge is -2.19. The third-order valence-corrected chi connectivity index (χ3v) is 4.48. The highest BCUT2D eigenvalue weighted by atomic mass is 32.2. The van der Waals surface area contributed by atoms with Gasteiger partial charge < -0.3 is 9.84 Å². The zero-order valence-corrected chi connectivity index (χ0v) is 12.2. The van der Waals surface area contributed by atoms with Gasteiger partial charge in [-0.25, -0.2) is 13.1 Å². The Morgan fingerprint density at radius 3 is 2.28 bits per heavy atom. The van der Waals surface area contributed by atoms with Crippen molar-refractivity contribution in [2.75, 3.05) is 13.7 Å². The highest BCUT2D eigenvalue weighted by Gasteiger charge is 2.28. The van der Waals surface area contributed by atoms with Crippen LogP contribution >= 0.6 is 0 Å². The van der Waals surface area contributed by atoms with Gasteiger partial charge in [-0.1, -0.05) is 13.8 Å². The fourth-order valence-electron chi connectivity index (χ4n) is 1.42. The fraction of sp³-hybridized carbons (Fsp3) is 0.909. The molecule has 0 bridgehead atoms. The van der Waals surface area contributed by atoms with Gasteiger partial charge in [-0.2, -0.15) is 0 Å². The van der Waals surface area contributed by atoms with Crippen molar-refractivity contribution in [3.63, 3.8) is 0 Å². The van der Waals surface area contributed by atoms with E-state index < -0.39 is 27.3 Å². The lowest BCUT2D eigenvalue weighted by Crippen LogP contribution is -2.45. The maximum Gasteiger partial charge on any atom is 0.321 e. The Hall–Kier alpha value is -0.660. The zero-order chi connectivity index (χ0) is 14.3. The van der Waals surface area contributed by atoms with Gasteiger partial charge >= 0.3 is 5.97 Å². The van der Waals surface area contributed by atoms with Crippen LogP contribution in [0, 0.1) is 5.92 Å². The molecular formula is C11H23NO5S. The molecule has 2 atom stereocenters. The summed E-state index contributed by atoms with van der Waals surface area (Å²) in [7, 11) is -2.14. The van der Waals surface area contributed by atoms with Crippen molar-refractivity contribution in [2.45, 2.75) is 44.9 Å². The Kier molecular flexibility index (Phi) is 7.42. The van der Waals surface area contributed by atoms with Crippen LogP contribution in [0.4, 0.5) is 0 Å². The second-order valence-corrected chi connectivity index (χ2v) is 6.91. The number of hydrogen-bond acceptors (Lipinski definition) is 4. The molecule has 7 heteroatoms. The van der Waals surface area contributed by atoms with Crippen molar-refractivity contribution >= 4 is 16.0 Å². The molecule has 0 aliphatic heterocycles. The Morgan fingerprint density at radius 1 is 1.33 bits per heavy atom. The highest BCUT2D eigenvalue weighted by molar-refractivity contribution is 7.90. The fourth-order valence-corrected chi connectivity index (χ4v) is 2.66. The summed E-state index contributed by atoms with van der Waals surface area (Å²) in [5, 5.41) is 8.32. The molecule has 0 saturated carbocycles. The minimum absolute atomic E-state index is 0.100. The predicted molar refractivity (Wildman–Crippen MR) is 68.9 cm³/mol. The molecule has 2 unspecified atom stereocenters. The van der Waals surface area contributed by atoms with Crippen molar-refractivity contribution < 1.29 is 23.1 Å². The summed E-state index contributed by atoms with van der Waals surface area (Å²) in [5.74, 6) is -1.05. The van der Waals surface area contributed by atoms with Crippen LogP contribution in [0.25, 0.3) is 0 Å². The van der Waals surface area contributed by atoms with E-state index in [0.717, 1.165) is 0 Å². The maximum atomic E-state index is 11.9. The Labute approximate surface area is 109 Å². The first-order valence-electron chi connectivity index (χ1n) is 5.93. The summed E-state index contributed by atoms with van der Waals surface area (Å²) in [5.41, 5.74) is 0. The van der Waals surface area contributed by atoms with Gasteiger partial charge in [-0.3, -0.25) is 4.79 Å². The molecule has 0 aromatic carbocycles. The summed E-state index contributed by atoms with van der Waals surface area (Å²) >= 11 is 0. The van der Waals surface area contributed by atoms with Gasteiger partial charge in [0.05, 0.1) is 5.25 Å². The summed E-state index contributed by atoms with van der Waals surface area (Å²) in [4.78, 5) is 11.0. The zero-order valence-electron chi connectivity index (χ0n) is 11.3. The van der Waals surface area contributed by atoms with Crippen molar-refractivity contribution in [2.24, 2.45) is 5.92 Å². The van der Waals surface area contributed by atoms with Gasteiger partial charge in [0.15, 0.2) is 0 Å². The number of nitrogens with one attached hydrogen (secondary N) is 1. The molecule has 108 valence electrons. The second-order valence-electron chi connectivity index (χ2n) is 4.78. The van der Waals surface area contributed by atoms with E-state index in [9.17, 15) is 13.2 Å². The third-order valence-electron chi connectivity index (χ3n) is 2.57. The molecule has 18 heavy (non-hydrogen) atoms. The molecule has 2 N–H and O–H groups in total. The Balaban J connectivity index is 4.64. The summed E-state index contributed by atoms with van der Waals surface area (Å²) in [6.07, 6.45) is 0.603. The number of carbonyl (C=O) groups is 1. The smallest absolute Gasteiger partial charge is 0.321 e. The quantitative estimate of drug-likeness (QED) is 0.653. The van der Waals surface area contributed by atoms with Crippen molar-refractivity contribution in [1.29, 1.82) is 0 Å². The molecule has 0 aromatic heterocycles. The van der Waals surface area contributed by atoms with Crippen LogP contribution in [-0.4, -0.2) is 44.5 Å². The van der Waals surface area contributed by atoms with Crippen LogP contribution in [0.3, 0.4) is 0 Å². The number of methoxy groups -OCH3 is 1. The summed E-state index contributed by atoms with van der Waals surface area (Å²) < 4.78 is 30.9. The van der Waals surface area contributed by atoms with Crippen molar-refractivity contribution in [3.05, 3.63) is 0 Å². The average molecular weight is 281 g/mol. The molecule has 6 nitrogen and oxygen atoms in total. The number of aliphatic carboxylic acids is 1. The van der Waals surface area contributed by atoms with E-state index in [2.05, 4.69) is 4.72 Å². The van der Waals surface area contributed by atoms with Crippen LogP contribution in [0.5, 0.6) is 0 Å². The van der Waals surface area contributed by atoms with Crippen LogP contribution in [-0.2, 0) is 19.6 Å². The second kappa shape index (κ2) is 7.70. The number of carboxylic acid groups (broad SMARTS) is 1. The van der Waals surface area contributed by atoms with E-state index in [0.29, 0.717) is 13.0 Å². The molecule has 0 saturated heterocycles. The molecule has 0 heterocycles. The molecule has 0 amide bonds. The van der Waals surface area contributed by atoms with E-state index in [1.165, 1.54) is 14.0 Å². The standard InChI is InChI=1S/C11H23NO5S/c1-8(2)7-10(11(13)14)12-18(15,16)9(3)5-6-17-4/h8-10,12H,5-7H2,1-4H3,(H,13,14). The predicted octanol–water partition coefficient (Wildman–Crippen LogP) is 0.830. The molecule has 0 radical (unpaired) electrons. The van der Waals surface area contributed by atoms with E-state index in [1.807, 2.05) is 13.8 Å². The summed E-state index contributed by atoms with van der Waals surface area (Å²) in [6.45, 7) is 5.55. The van der Waals surface area contributed by atoms with Crippen molar-refractivity contribution in [3.8, 4) is 0 Å². The van der Waals surface area contributed by atoms with Gasteiger partial charge in [-0.05, 0) is 25.7 Å². The SMILES string of the molecule is COCCC(C)S(=O)(=O)NC(CC(C)C)C(=O)O. The molecule has 0 aliphatic rings. The van der Waals surface area contributed by atoms with Crippen LogP contribution in [0.15, 0.2) is 0 Å². The van der Waals surface area contributed by atoms with Crippen molar-refractivity contribution in [1.82, 2.24) is 4.72 Å². The number of sulfonamides is 1. The van der Waals surface area contributed by atoms with Crippen LogP contribution in [0.1, 0.15) is 33.6 Å². The van der Waals surface area contributed by atoms with Crippen LogP contribution < -0.4 is 4.72 Å². The molecule has 0 rings (SSSR count). The molecule has 0 spiro atoms. The van der Waals surface area contributed by atoms with Gasteiger partial charge in [0.2, 0.25) is 10.0 Å². The van der Waals surface area contributed by atoms with Gasteiger partial charge in [0.25, 0.3) is 0 Å². The third kappa shape index (κ3) is 6.32. The average Bonchev–Trinajstić information content (AvgIpc) is 2.23. The van der Waals surface area contributed by atoms with Gasteiger partial charge in [0.1, 0.15) is 6.04 Å². The first-order valence-corrected chi connectivity index (χ1v) is 7.48. The molecule has 0 aliphatic carbocycles. The van der Waals surface area contributed by atoms with E-state index in [-0.39, 0.29) is 12.3 Å². The summed E-state index contributed by atoms with van der Waals surface area (Å²) in [6, 6.07) is -1.07. The first kappa shape index (κ1) is 17.3. The number of carboxylic acids is 1. The largest absolute Gasteiger partial charge is 0.480 e. The lowest BCUT2D eigenvalue weighted by molar-refractivity contribution is -0.139. The van der Waals surface area contributed by atoms with Crippen LogP contribution in [0.2, 0.25) is 0 Å². The minimum atomic E-state index is -3.63. The normalized spacial score (nSPS) is 15.6. The topological polar surface area (TPSA) is 92.7 Å². The molecular weight excluding hydrogens is 258 g/mol. The Bertz CT molecular complexity index is 352. The van der Waals surface area contributed by atoms with Gasteiger partial charge in [-0.15, -0.1) is 0 Å². The monoisotopic (exact) mass is 281 g/mol. The van der Waals surface area contributed by atoms with E-state index in [1.54, 1.807) is 0 Å². The number of hydrogen-bond donors (Lipinski definition) is 2. The highest BCUT2D eigenvalue weighted by Crippen LogP contribution is 2.10. The van der Waals surface area contributed by atoms with E-state index >= 15 is 0 Å².